The van der Waals surface area contributed by atoms with Gasteiger partial charge in [0.05, 0.1) is 5.69 Å². The molecule has 0 bridgehead atoms. The van der Waals surface area contributed by atoms with E-state index in [-0.39, 0.29) is 12.5 Å². The molecule has 154 valence electrons. The highest BCUT2D eigenvalue weighted by atomic mass is 32.1. The van der Waals surface area contributed by atoms with E-state index in [1.165, 1.54) is 11.3 Å². The van der Waals surface area contributed by atoms with Crippen LogP contribution >= 0.6 is 11.3 Å². The van der Waals surface area contributed by atoms with Crippen LogP contribution in [0.25, 0.3) is 11.3 Å². The first kappa shape index (κ1) is 19.1. The molecule has 1 aromatic heterocycles. The molecule has 0 saturated carbocycles. The molecule has 31 heavy (non-hydrogen) atoms. The monoisotopic (exact) mass is 430 g/mol. The third-order valence-electron chi connectivity index (χ3n) is 4.66. The second kappa shape index (κ2) is 8.49. The van der Waals surface area contributed by atoms with E-state index in [2.05, 4.69) is 10.3 Å². The summed E-state index contributed by atoms with van der Waals surface area (Å²) in [6.45, 7) is 0.157. The van der Waals surface area contributed by atoms with Crippen LogP contribution in [-0.4, -0.2) is 23.6 Å². The zero-order valence-electron chi connectivity index (χ0n) is 16.4. The highest BCUT2D eigenvalue weighted by Crippen LogP contribution is 2.32. The standard InChI is InChI=1S/C24H18N2O4S/c27-23(22-14-28-20-8-4-5-9-21(20)30-22)26-24-25-19(15-31-24)16-10-12-18(13-11-16)29-17-6-2-1-3-7-17/h1-13,15,22H,14H2,(H,25,26,27). The molecule has 3 aromatic carbocycles. The van der Waals surface area contributed by atoms with Gasteiger partial charge in [0, 0.05) is 10.9 Å². The van der Waals surface area contributed by atoms with Gasteiger partial charge in [-0.1, -0.05) is 30.3 Å². The Hall–Kier alpha value is -3.84. The number of hydrogen-bond acceptors (Lipinski definition) is 6. The minimum atomic E-state index is -0.725. The van der Waals surface area contributed by atoms with Gasteiger partial charge in [-0.15, -0.1) is 11.3 Å². The minimum Gasteiger partial charge on any atom is -0.485 e. The molecule has 0 spiro atoms. The summed E-state index contributed by atoms with van der Waals surface area (Å²) in [4.78, 5) is 17.1. The van der Waals surface area contributed by atoms with Crippen LogP contribution in [-0.2, 0) is 4.79 Å². The van der Waals surface area contributed by atoms with Crippen LogP contribution in [0.2, 0.25) is 0 Å². The van der Waals surface area contributed by atoms with Gasteiger partial charge in [-0.05, 0) is 48.5 Å². The van der Waals surface area contributed by atoms with E-state index in [1.807, 2.05) is 78.2 Å². The van der Waals surface area contributed by atoms with Crippen molar-refractivity contribution in [1.29, 1.82) is 0 Å². The van der Waals surface area contributed by atoms with E-state index in [0.29, 0.717) is 16.6 Å². The first-order valence-corrected chi connectivity index (χ1v) is 10.6. The molecule has 1 N–H and O–H groups in total. The van der Waals surface area contributed by atoms with Crippen LogP contribution in [0.15, 0.2) is 84.2 Å². The number of carbonyl (C=O) groups excluding carboxylic acids is 1. The Morgan fingerprint density at radius 1 is 0.935 bits per heavy atom. The molecule has 1 amide bonds. The molecular formula is C24H18N2O4S. The molecule has 0 radical (unpaired) electrons. The molecule has 1 atom stereocenters. The molecule has 1 unspecified atom stereocenters. The number of carbonyl (C=O) groups is 1. The largest absolute Gasteiger partial charge is 0.485 e. The molecule has 2 heterocycles. The lowest BCUT2D eigenvalue weighted by atomic mass is 10.2. The summed E-state index contributed by atoms with van der Waals surface area (Å²) in [5.41, 5.74) is 1.71. The summed E-state index contributed by atoms with van der Waals surface area (Å²) in [7, 11) is 0. The van der Waals surface area contributed by atoms with Crippen molar-refractivity contribution in [2.24, 2.45) is 0 Å². The van der Waals surface area contributed by atoms with Crippen LogP contribution < -0.4 is 19.5 Å². The molecule has 4 aromatic rings. The highest BCUT2D eigenvalue weighted by Gasteiger charge is 2.27. The number of fused-ring (bicyclic) bond motifs is 1. The van der Waals surface area contributed by atoms with Crippen LogP contribution in [0.3, 0.4) is 0 Å². The van der Waals surface area contributed by atoms with Crippen LogP contribution in [0, 0.1) is 0 Å². The fourth-order valence-electron chi connectivity index (χ4n) is 3.12. The van der Waals surface area contributed by atoms with E-state index < -0.39 is 6.10 Å². The molecule has 5 rings (SSSR count). The van der Waals surface area contributed by atoms with Crippen molar-refractivity contribution in [2.75, 3.05) is 11.9 Å². The SMILES string of the molecule is O=C(Nc1nc(-c2ccc(Oc3ccccc3)cc2)cs1)C1COc2ccccc2O1. The Labute approximate surface area is 183 Å². The van der Waals surface area contributed by atoms with Gasteiger partial charge in [-0.3, -0.25) is 10.1 Å². The molecule has 7 heteroatoms. The Morgan fingerprint density at radius 3 is 2.45 bits per heavy atom. The highest BCUT2D eigenvalue weighted by molar-refractivity contribution is 7.14. The van der Waals surface area contributed by atoms with E-state index in [4.69, 9.17) is 14.2 Å². The molecule has 6 nitrogen and oxygen atoms in total. The number of nitrogens with zero attached hydrogens (tertiary/aromatic N) is 1. The summed E-state index contributed by atoms with van der Waals surface area (Å²) in [6.07, 6.45) is -0.725. The summed E-state index contributed by atoms with van der Waals surface area (Å²) < 4.78 is 17.2. The van der Waals surface area contributed by atoms with Gasteiger partial charge in [-0.2, -0.15) is 0 Å². The second-order valence-corrected chi connectivity index (χ2v) is 7.69. The van der Waals surface area contributed by atoms with Crippen molar-refractivity contribution >= 4 is 22.4 Å². The number of nitrogens with one attached hydrogen (secondary N) is 1. The van der Waals surface area contributed by atoms with Crippen molar-refractivity contribution in [3.63, 3.8) is 0 Å². The predicted molar refractivity (Wildman–Crippen MR) is 119 cm³/mol. The van der Waals surface area contributed by atoms with E-state index in [0.717, 1.165) is 22.8 Å². The van der Waals surface area contributed by atoms with Gasteiger partial charge in [0.1, 0.15) is 18.1 Å². The first-order valence-electron chi connectivity index (χ1n) is 9.73. The molecule has 0 aliphatic carbocycles. The second-order valence-electron chi connectivity index (χ2n) is 6.83. The molecule has 0 saturated heterocycles. The minimum absolute atomic E-state index is 0.157. The van der Waals surface area contributed by atoms with Crippen LogP contribution in [0.1, 0.15) is 0 Å². The fourth-order valence-corrected chi connectivity index (χ4v) is 3.84. The zero-order chi connectivity index (χ0) is 21.0. The summed E-state index contributed by atoms with van der Waals surface area (Å²) in [5, 5.41) is 5.22. The van der Waals surface area contributed by atoms with E-state index in [1.54, 1.807) is 6.07 Å². The number of anilines is 1. The fraction of sp³-hybridized carbons (Fsp3) is 0.0833. The van der Waals surface area contributed by atoms with Gasteiger partial charge < -0.3 is 14.2 Å². The number of hydrogen-bond donors (Lipinski definition) is 1. The summed E-state index contributed by atoms with van der Waals surface area (Å²) >= 11 is 1.36. The number of para-hydroxylation sites is 3. The van der Waals surface area contributed by atoms with Gasteiger partial charge in [-0.25, -0.2) is 4.98 Å². The number of thiazole rings is 1. The van der Waals surface area contributed by atoms with Crippen molar-refractivity contribution in [2.45, 2.75) is 6.10 Å². The lowest BCUT2D eigenvalue weighted by Gasteiger charge is -2.25. The van der Waals surface area contributed by atoms with Crippen molar-refractivity contribution in [3.8, 4) is 34.3 Å². The average molecular weight is 430 g/mol. The quantitative estimate of drug-likeness (QED) is 0.460. The summed E-state index contributed by atoms with van der Waals surface area (Å²) in [6, 6.07) is 24.6. The maximum atomic E-state index is 12.6. The zero-order valence-corrected chi connectivity index (χ0v) is 17.2. The maximum Gasteiger partial charge on any atom is 0.270 e. The van der Waals surface area contributed by atoms with Gasteiger partial charge >= 0.3 is 0 Å². The van der Waals surface area contributed by atoms with Gasteiger partial charge in [0.25, 0.3) is 5.91 Å². The number of benzene rings is 3. The van der Waals surface area contributed by atoms with Gasteiger partial charge in [0.2, 0.25) is 6.10 Å². The molecule has 1 aliphatic heterocycles. The lowest BCUT2D eigenvalue weighted by molar-refractivity contribution is -0.125. The number of rotatable bonds is 5. The number of amides is 1. The van der Waals surface area contributed by atoms with Crippen LogP contribution in [0.5, 0.6) is 23.0 Å². The summed E-state index contributed by atoms with van der Waals surface area (Å²) in [5.74, 6) is 2.44. The molecule has 1 aliphatic rings. The Bertz CT molecular complexity index is 1190. The Morgan fingerprint density at radius 2 is 1.65 bits per heavy atom. The average Bonchev–Trinajstić information content (AvgIpc) is 3.28. The maximum absolute atomic E-state index is 12.6. The topological polar surface area (TPSA) is 69.7 Å². The first-order chi connectivity index (χ1) is 15.2. The third kappa shape index (κ3) is 4.36. The van der Waals surface area contributed by atoms with Gasteiger partial charge in [0.15, 0.2) is 16.6 Å². The Kier molecular flexibility index (Phi) is 5.24. The van der Waals surface area contributed by atoms with Crippen LogP contribution in [0.4, 0.5) is 5.13 Å². The van der Waals surface area contributed by atoms with Crippen molar-refractivity contribution in [1.82, 2.24) is 4.98 Å². The predicted octanol–water partition coefficient (Wildman–Crippen LogP) is 5.38. The number of ether oxygens (including phenoxy) is 3. The normalized spacial score (nSPS) is 14.6. The van der Waals surface area contributed by atoms with E-state index >= 15 is 0 Å². The smallest absolute Gasteiger partial charge is 0.270 e. The molecule has 0 fully saturated rings. The van der Waals surface area contributed by atoms with Crippen molar-refractivity contribution < 1.29 is 19.0 Å². The lowest BCUT2D eigenvalue weighted by Crippen LogP contribution is -2.40. The van der Waals surface area contributed by atoms with Crippen molar-refractivity contribution in [3.05, 3.63) is 84.2 Å². The third-order valence-corrected chi connectivity index (χ3v) is 5.42. The number of aromatic nitrogens is 1. The van der Waals surface area contributed by atoms with E-state index in [9.17, 15) is 4.79 Å². The Balaban J connectivity index is 1.22. The molecular weight excluding hydrogens is 412 g/mol.